The monoisotopic (exact) mass is 1700 g/mol. The Hall–Kier alpha value is -11.0. The largest absolute Gasteiger partial charge is 0.505 e. The standard InChI is InChI=1S/C50H31N11O37S10/c51-42-32(56-54-30-3-1-21-27(49(30)107(93,94)95)13-38(104(84,85)86)43(46(21)62)57-52-17-5-23-25(33(7-17)99(69,70)71)9-19(60(65)66)11-35(23)101(75,76)77)16-37(103(81,82)83)29-15-40(106(90,91)92)45(48(64)41(29)42)59-55-31-4-2-22-28(50(31)108(96,97)98)14-39(105(87,88)89)44(47(22)63)58-53-18-6-24-26(34(8-18)100(72,73)74)10-20(61(67)68)12-36(24)102(78,79)80/h1-16,62-64H,51H2,(H,69,70,71)(H,72,73,74)(H,75,76,77)(H,78,79,80)(H,81,82,83)(H,84,85,86)(H,87,88,89)(H,90,91,92)(H,93,94,95)(H,96,97,98)/b56-54?,57-52?,58-53-,59-55?. The van der Waals surface area contributed by atoms with Gasteiger partial charge >= 0.3 is 0 Å². The molecule has 0 atom stereocenters. The third-order valence-corrected chi connectivity index (χ3v) is 23.7. The van der Waals surface area contributed by atoms with Gasteiger partial charge in [-0.3, -0.25) is 65.8 Å². The fraction of sp³-hybridized carbons (Fsp3) is 0. The molecule has 15 N–H and O–H groups in total. The van der Waals surface area contributed by atoms with Crippen molar-refractivity contribution in [3.8, 4) is 17.2 Å². The first-order chi connectivity index (χ1) is 49.2. The Morgan fingerprint density at radius 1 is 0.278 bits per heavy atom. The minimum absolute atomic E-state index is 0.0948. The highest BCUT2D eigenvalue weighted by atomic mass is 32.3. The van der Waals surface area contributed by atoms with Crippen LogP contribution >= 0.6 is 0 Å². The molecule has 10 rings (SSSR count). The van der Waals surface area contributed by atoms with Crippen molar-refractivity contribution in [2.45, 2.75) is 49.0 Å². The van der Waals surface area contributed by atoms with E-state index in [4.69, 9.17) is 5.73 Å². The van der Waals surface area contributed by atoms with Crippen LogP contribution in [0.2, 0.25) is 0 Å². The summed E-state index contributed by atoms with van der Waals surface area (Å²) in [7, 11) is -57.9. The zero-order chi connectivity index (χ0) is 80.8. The van der Waals surface area contributed by atoms with Gasteiger partial charge in [0, 0.05) is 72.7 Å². The lowest BCUT2D eigenvalue weighted by Gasteiger charge is -2.15. The molecule has 48 nitrogen and oxygen atoms in total. The molecule has 0 radical (unpaired) electrons. The fourth-order valence-corrected chi connectivity index (χ4v) is 17.6. The molecule has 108 heavy (non-hydrogen) atoms. The number of anilines is 1. The molecule has 0 saturated carbocycles. The maximum absolute atomic E-state index is 13.3. The van der Waals surface area contributed by atoms with E-state index in [-0.39, 0.29) is 36.4 Å². The Morgan fingerprint density at radius 2 is 0.556 bits per heavy atom. The Balaban J connectivity index is 1.12. The van der Waals surface area contributed by atoms with Gasteiger partial charge in [-0.2, -0.15) is 94.4 Å². The highest BCUT2D eigenvalue weighted by molar-refractivity contribution is 7.88. The third kappa shape index (κ3) is 15.2. The number of azo groups is 4. The van der Waals surface area contributed by atoms with Crippen LogP contribution in [0.4, 0.5) is 62.6 Å². The SMILES string of the molecule is Nc1c(N=Nc2ccc3c(O)c(N=Nc4cc(S(=O)(=O)O)c5cc([N+](=O)[O-])cc(S(=O)(=O)O)c5c4)c(S(=O)(=O)O)cc3c2S(=O)(=O)O)cc(S(=O)(=O)O)c2cc(S(=O)(=O)O)c(N=Nc3ccc4c(O)c(/N=N\c5cc(S(=O)(=O)O)c6cc([N+](=O)[O-])cc(S(=O)(=O)O)c6c5)c(S(=O)(=O)O)cc4c3S(=O)(=O)O)c(O)c12. The minimum atomic E-state index is -6.01. The summed E-state index contributed by atoms with van der Waals surface area (Å²) in [6, 6.07) is 5.77. The van der Waals surface area contributed by atoms with Crippen LogP contribution in [0, 0.1) is 20.2 Å². The molecule has 0 spiro atoms. The Kier molecular flexibility index (Phi) is 19.5. The number of nitrogen functional groups attached to an aromatic ring is 1. The normalized spacial score (nSPS) is 13.6. The molecule has 0 unspecified atom stereocenters. The summed E-state index contributed by atoms with van der Waals surface area (Å²) >= 11 is 0. The lowest BCUT2D eigenvalue weighted by atomic mass is 10.0. The summed E-state index contributed by atoms with van der Waals surface area (Å²) in [5, 5.41) is 75.4. The number of nitrogens with zero attached hydrogens (tertiary/aromatic N) is 10. The van der Waals surface area contributed by atoms with Crippen molar-refractivity contribution in [3.05, 3.63) is 117 Å². The molecule has 568 valence electrons. The van der Waals surface area contributed by atoms with Gasteiger partial charge in [-0.25, -0.2) is 0 Å². The number of rotatable bonds is 20. The smallest absolute Gasteiger partial charge is 0.297 e. The van der Waals surface area contributed by atoms with Crippen molar-refractivity contribution in [1.29, 1.82) is 0 Å². The molecule has 0 fully saturated rings. The van der Waals surface area contributed by atoms with E-state index < -0.39 is 294 Å². The first-order valence-corrected chi connectivity index (χ1v) is 41.3. The molecular weight excluding hydrogens is 1670 g/mol. The molecule has 0 aliphatic heterocycles. The lowest BCUT2D eigenvalue weighted by Crippen LogP contribution is -2.05. The van der Waals surface area contributed by atoms with Gasteiger partial charge in [-0.1, -0.05) is 0 Å². The van der Waals surface area contributed by atoms with Gasteiger partial charge in [0.25, 0.3) is 113 Å². The van der Waals surface area contributed by atoms with E-state index >= 15 is 0 Å². The van der Waals surface area contributed by atoms with Crippen molar-refractivity contribution < 1.29 is 155 Å². The van der Waals surface area contributed by atoms with E-state index in [2.05, 4.69) is 40.9 Å². The second kappa shape index (κ2) is 26.4. The van der Waals surface area contributed by atoms with E-state index in [1.165, 1.54) is 0 Å². The van der Waals surface area contributed by atoms with Gasteiger partial charge in [0.15, 0.2) is 17.2 Å². The van der Waals surface area contributed by atoms with Crippen LogP contribution in [0.5, 0.6) is 17.2 Å². The molecule has 10 aromatic carbocycles. The summed E-state index contributed by atoms with van der Waals surface area (Å²) < 4.78 is 360. The van der Waals surface area contributed by atoms with E-state index in [0.29, 0.717) is 60.7 Å². The third-order valence-electron chi connectivity index (χ3n) is 14.8. The summed E-state index contributed by atoms with van der Waals surface area (Å²) in [5.74, 6) is -4.88. The number of aromatic hydroxyl groups is 3. The molecule has 0 amide bonds. The van der Waals surface area contributed by atoms with Crippen LogP contribution in [0.25, 0.3) is 53.9 Å². The number of nitrogens with two attached hydrogens (primary N) is 1. The van der Waals surface area contributed by atoms with Crippen LogP contribution in [-0.2, 0) is 101 Å². The molecule has 0 saturated heterocycles. The van der Waals surface area contributed by atoms with E-state index in [9.17, 15) is 165 Å². The van der Waals surface area contributed by atoms with Crippen LogP contribution in [0.3, 0.4) is 0 Å². The predicted octanol–water partition coefficient (Wildman–Crippen LogP) is 8.10. The van der Waals surface area contributed by atoms with Gasteiger partial charge in [-0.05, 0) is 72.8 Å². The van der Waals surface area contributed by atoms with Crippen molar-refractivity contribution in [3.63, 3.8) is 0 Å². The highest BCUT2D eigenvalue weighted by Gasteiger charge is 2.35. The van der Waals surface area contributed by atoms with Crippen molar-refractivity contribution in [2.24, 2.45) is 40.9 Å². The van der Waals surface area contributed by atoms with Gasteiger partial charge in [0.05, 0.1) is 32.3 Å². The number of nitro groups is 2. The topological polar surface area (TPSA) is 816 Å². The molecule has 0 bridgehead atoms. The van der Waals surface area contributed by atoms with Crippen LogP contribution in [0.15, 0.2) is 187 Å². The summed E-state index contributed by atoms with van der Waals surface area (Å²) in [4.78, 5) is 5.23. The number of nitro benzene ring substituents is 2. The molecule has 0 aromatic heterocycles. The van der Waals surface area contributed by atoms with Crippen LogP contribution in [0.1, 0.15) is 0 Å². The average molecular weight is 1700 g/mol. The highest BCUT2D eigenvalue weighted by Crippen LogP contribution is 2.52. The maximum Gasteiger partial charge on any atom is 0.297 e. The average Bonchev–Trinajstić information content (AvgIpc) is 0.757. The number of fused-ring (bicyclic) bond motifs is 5. The van der Waals surface area contributed by atoms with Gasteiger partial charge in [0.1, 0.15) is 83.1 Å². The van der Waals surface area contributed by atoms with E-state index in [1.54, 1.807) is 0 Å². The van der Waals surface area contributed by atoms with Crippen LogP contribution < -0.4 is 5.73 Å². The van der Waals surface area contributed by atoms with Crippen LogP contribution in [-0.4, -0.2) is 155 Å². The van der Waals surface area contributed by atoms with Gasteiger partial charge < -0.3 is 21.1 Å². The second-order valence-electron chi connectivity index (χ2n) is 21.5. The zero-order valence-corrected chi connectivity index (χ0v) is 59.1. The molecular formula is C50H31N11O37S10. The predicted molar refractivity (Wildman–Crippen MR) is 357 cm³/mol. The second-order valence-corrected chi connectivity index (χ2v) is 35.3. The van der Waals surface area contributed by atoms with Crippen molar-refractivity contribution in [2.75, 3.05) is 5.73 Å². The summed E-state index contributed by atoms with van der Waals surface area (Å²) in [5.41, 5.74) is -7.34. The van der Waals surface area contributed by atoms with Gasteiger partial charge in [0.2, 0.25) is 0 Å². The number of phenols is 3. The van der Waals surface area contributed by atoms with Gasteiger partial charge in [-0.15, -0.1) is 30.7 Å². The first-order valence-electron chi connectivity index (χ1n) is 26.9. The van der Waals surface area contributed by atoms with E-state index in [1.807, 2.05) is 0 Å². The number of benzene rings is 10. The van der Waals surface area contributed by atoms with E-state index in [0.717, 1.165) is 0 Å². The Bertz CT molecular complexity index is 7270. The number of hydrogen-bond donors (Lipinski definition) is 14. The molecule has 58 heteroatoms. The summed E-state index contributed by atoms with van der Waals surface area (Å²) in [6.07, 6.45) is 0. The van der Waals surface area contributed by atoms with Crippen molar-refractivity contribution >= 4 is 218 Å². The molecule has 0 aliphatic carbocycles. The zero-order valence-electron chi connectivity index (χ0n) is 51.0. The quantitative estimate of drug-likeness (QED) is 0.0113. The fourth-order valence-electron chi connectivity index (χ4n) is 10.5. The Labute approximate surface area is 598 Å². The molecule has 0 aliphatic rings. The first kappa shape index (κ1) is 79.6. The molecule has 0 heterocycles. The minimum Gasteiger partial charge on any atom is -0.505 e. The lowest BCUT2D eigenvalue weighted by molar-refractivity contribution is -0.385. The number of non-ortho nitro benzene ring substituents is 2. The van der Waals surface area contributed by atoms with Crippen molar-refractivity contribution in [1.82, 2.24) is 0 Å². The Morgan fingerprint density at radius 3 is 0.880 bits per heavy atom. The maximum atomic E-state index is 13.3. The number of phenolic OH excluding ortho intramolecular Hbond substituents is 3. The summed E-state index contributed by atoms with van der Waals surface area (Å²) in [6.45, 7) is 0. The molecule has 10 aromatic rings. The number of hydrogen-bond acceptors (Lipinski definition) is 36.